The molecule has 0 spiro atoms. The van der Waals surface area contributed by atoms with Crippen LogP contribution in [0.25, 0.3) is 0 Å². The number of aliphatic carboxylic acids is 1. The molecule has 0 heterocycles. The van der Waals surface area contributed by atoms with Gasteiger partial charge < -0.3 is 5.11 Å². The Morgan fingerprint density at radius 3 is 2.17 bits per heavy atom. The van der Waals surface area contributed by atoms with E-state index in [1.165, 1.54) is 11.8 Å². The van der Waals surface area contributed by atoms with Crippen molar-refractivity contribution in [2.75, 3.05) is 5.75 Å². The molecular formula is C12H21F3O2S. The SMILES string of the molecule is CC(C)C(C)(SCCCCCC(F)(F)F)C(=O)O. The lowest BCUT2D eigenvalue weighted by Crippen LogP contribution is -2.37. The van der Waals surface area contributed by atoms with Gasteiger partial charge in [-0.25, -0.2) is 0 Å². The average Bonchev–Trinajstić information content (AvgIpc) is 2.20. The van der Waals surface area contributed by atoms with Gasteiger partial charge in [0, 0.05) is 6.42 Å². The van der Waals surface area contributed by atoms with Crippen LogP contribution in [0.3, 0.4) is 0 Å². The van der Waals surface area contributed by atoms with E-state index in [4.69, 9.17) is 5.11 Å². The Balaban J connectivity index is 3.86. The Hall–Kier alpha value is -0.390. The average molecular weight is 286 g/mol. The highest BCUT2D eigenvalue weighted by atomic mass is 32.2. The number of halogens is 3. The summed E-state index contributed by atoms with van der Waals surface area (Å²) >= 11 is 1.32. The van der Waals surface area contributed by atoms with Crippen LogP contribution in [-0.2, 0) is 4.79 Å². The van der Waals surface area contributed by atoms with E-state index < -0.39 is 23.3 Å². The second kappa shape index (κ2) is 7.26. The van der Waals surface area contributed by atoms with Crippen molar-refractivity contribution in [1.29, 1.82) is 0 Å². The first kappa shape index (κ1) is 17.6. The fraction of sp³-hybridized carbons (Fsp3) is 0.917. The normalized spacial score (nSPS) is 15.7. The number of thioether (sulfide) groups is 1. The maximum absolute atomic E-state index is 11.9. The summed E-state index contributed by atoms with van der Waals surface area (Å²) in [5.41, 5.74) is 0. The molecule has 108 valence electrons. The van der Waals surface area contributed by atoms with Crippen LogP contribution in [0.2, 0.25) is 0 Å². The molecule has 0 aromatic carbocycles. The minimum Gasteiger partial charge on any atom is -0.480 e. The zero-order valence-corrected chi connectivity index (χ0v) is 11.8. The Bertz CT molecular complexity index is 267. The molecule has 18 heavy (non-hydrogen) atoms. The van der Waals surface area contributed by atoms with Gasteiger partial charge in [-0.05, 0) is 31.4 Å². The molecule has 0 fully saturated rings. The third-order valence-corrected chi connectivity index (χ3v) is 4.77. The first-order chi connectivity index (χ1) is 8.09. The van der Waals surface area contributed by atoms with Crippen LogP contribution in [0.5, 0.6) is 0 Å². The molecular weight excluding hydrogens is 265 g/mol. The van der Waals surface area contributed by atoms with Crippen molar-refractivity contribution in [2.45, 2.75) is 57.4 Å². The number of rotatable bonds is 8. The number of carbonyl (C=O) groups is 1. The molecule has 0 saturated carbocycles. The minimum absolute atomic E-state index is 0.0184. The molecule has 2 nitrogen and oxygen atoms in total. The van der Waals surface area contributed by atoms with Gasteiger partial charge in [0.25, 0.3) is 0 Å². The zero-order chi connectivity index (χ0) is 14.4. The van der Waals surface area contributed by atoms with E-state index in [0.29, 0.717) is 18.6 Å². The molecule has 0 radical (unpaired) electrons. The molecule has 1 unspecified atom stereocenters. The van der Waals surface area contributed by atoms with E-state index in [2.05, 4.69) is 0 Å². The van der Waals surface area contributed by atoms with Gasteiger partial charge in [-0.15, -0.1) is 11.8 Å². The maximum atomic E-state index is 11.9. The Morgan fingerprint density at radius 2 is 1.78 bits per heavy atom. The predicted octanol–water partition coefficient (Wildman–Crippen LogP) is 4.34. The van der Waals surface area contributed by atoms with Crippen LogP contribution in [0.15, 0.2) is 0 Å². The van der Waals surface area contributed by atoms with Gasteiger partial charge >= 0.3 is 12.1 Å². The van der Waals surface area contributed by atoms with E-state index in [1.54, 1.807) is 6.92 Å². The lowest BCUT2D eigenvalue weighted by Gasteiger charge is -2.28. The van der Waals surface area contributed by atoms with E-state index in [9.17, 15) is 18.0 Å². The van der Waals surface area contributed by atoms with Crippen molar-refractivity contribution >= 4 is 17.7 Å². The van der Waals surface area contributed by atoms with E-state index in [-0.39, 0.29) is 12.3 Å². The molecule has 0 aromatic heterocycles. The van der Waals surface area contributed by atoms with Crippen molar-refractivity contribution in [3.05, 3.63) is 0 Å². The summed E-state index contributed by atoms with van der Waals surface area (Å²) in [7, 11) is 0. The Morgan fingerprint density at radius 1 is 1.22 bits per heavy atom. The molecule has 1 atom stereocenters. The number of hydrogen-bond donors (Lipinski definition) is 1. The first-order valence-corrected chi connectivity index (χ1v) is 7.02. The van der Waals surface area contributed by atoms with Crippen molar-refractivity contribution in [3.63, 3.8) is 0 Å². The van der Waals surface area contributed by atoms with Gasteiger partial charge in [0.2, 0.25) is 0 Å². The standard InChI is InChI=1S/C12H21F3O2S/c1-9(2)11(3,10(16)17)18-8-6-4-5-7-12(13,14)15/h9H,4-8H2,1-3H3,(H,16,17). The smallest absolute Gasteiger partial charge is 0.389 e. The second-order valence-electron chi connectivity index (χ2n) is 4.84. The minimum atomic E-state index is -4.08. The van der Waals surface area contributed by atoms with Crippen molar-refractivity contribution in [1.82, 2.24) is 0 Å². The number of carboxylic acids is 1. The van der Waals surface area contributed by atoms with E-state index >= 15 is 0 Å². The largest absolute Gasteiger partial charge is 0.480 e. The Kier molecular flexibility index (Phi) is 7.10. The number of hydrogen-bond acceptors (Lipinski definition) is 2. The molecule has 0 saturated heterocycles. The summed E-state index contributed by atoms with van der Waals surface area (Å²) in [5.74, 6) is -0.299. The van der Waals surface area contributed by atoms with Crippen LogP contribution in [-0.4, -0.2) is 27.8 Å². The summed E-state index contributed by atoms with van der Waals surface area (Å²) in [6, 6.07) is 0. The van der Waals surface area contributed by atoms with Crippen LogP contribution in [0.4, 0.5) is 13.2 Å². The zero-order valence-electron chi connectivity index (χ0n) is 11.0. The molecule has 0 rings (SSSR count). The monoisotopic (exact) mass is 286 g/mol. The van der Waals surface area contributed by atoms with Gasteiger partial charge in [0.05, 0.1) is 0 Å². The van der Waals surface area contributed by atoms with Crippen LogP contribution < -0.4 is 0 Å². The third-order valence-electron chi connectivity index (χ3n) is 3.03. The number of alkyl halides is 3. The lowest BCUT2D eigenvalue weighted by atomic mass is 9.97. The highest BCUT2D eigenvalue weighted by Gasteiger charge is 2.36. The topological polar surface area (TPSA) is 37.3 Å². The van der Waals surface area contributed by atoms with Crippen LogP contribution in [0, 0.1) is 5.92 Å². The van der Waals surface area contributed by atoms with Crippen molar-refractivity contribution < 1.29 is 23.1 Å². The van der Waals surface area contributed by atoms with Gasteiger partial charge in [-0.1, -0.05) is 20.3 Å². The second-order valence-corrected chi connectivity index (χ2v) is 6.39. The molecule has 6 heteroatoms. The van der Waals surface area contributed by atoms with Crippen molar-refractivity contribution in [3.8, 4) is 0 Å². The summed E-state index contributed by atoms with van der Waals surface area (Å²) in [6.07, 6.45) is -3.61. The fourth-order valence-corrected chi connectivity index (χ4v) is 2.59. The summed E-state index contributed by atoms with van der Waals surface area (Å²) in [4.78, 5) is 11.1. The summed E-state index contributed by atoms with van der Waals surface area (Å²) in [6.45, 7) is 5.34. The van der Waals surface area contributed by atoms with Gasteiger partial charge in [0.1, 0.15) is 4.75 Å². The highest BCUT2D eigenvalue weighted by molar-refractivity contribution is 8.01. The molecule has 0 aliphatic heterocycles. The molecule has 1 N–H and O–H groups in total. The molecule has 0 amide bonds. The van der Waals surface area contributed by atoms with E-state index in [1.807, 2.05) is 13.8 Å². The predicted molar refractivity (Wildman–Crippen MR) is 67.9 cm³/mol. The van der Waals surface area contributed by atoms with Gasteiger partial charge in [0.15, 0.2) is 0 Å². The molecule has 0 bridgehead atoms. The fourth-order valence-electron chi connectivity index (χ4n) is 1.36. The van der Waals surface area contributed by atoms with Crippen molar-refractivity contribution in [2.24, 2.45) is 5.92 Å². The number of carboxylic acid groups (broad SMARTS) is 1. The molecule has 0 aliphatic rings. The lowest BCUT2D eigenvalue weighted by molar-refractivity contribution is -0.140. The highest BCUT2D eigenvalue weighted by Crippen LogP contribution is 2.34. The first-order valence-electron chi connectivity index (χ1n) is 6.03. The maximum Gasteiger partial charge on any atom is 0.389 e. The number of unbranched alkanes of at least 4 members (excludes halogenated alkanes) is 2. The van der Waals surface area contributed by atoms with Crippen LogP contribution >= 0.6 is 11.8 Å². The molecule has 0 aromatic rings. The van der Waals surface area contributed by atoms with E-state index in [0.717, 1.165) is 0 Å². The van der Waals surface area contributed by atoms with Gasteiger partial charge in [-0.2, -0.15) is 13.2 Å². The molecule has 0 aliphatic carbocycles. The quantitative estimate of drug-likeness (QED) is 0.674. The summed E-state index contributed by atoms with van der Waals surface area (Å²) in [5, 5.41) is 9.14. The van der Waals surface area contributed by atoms with Crippen LogP contribution in [0.1, 0.15) is 46.5 Å². The summed E-state index contributed by atoms with van der Waals surface area (Å²) < 4.78 is 34.8. The third kappa shape index (κ3) is 6.52. The van der Waals surface area contributed by atoms with Gasteiger partial charge in [-0.3, -0.25) is 4.79 Å². The Labute approximate surface area is 110 Å².